The van der Waals surface area contributed by atoms with E-state index in [-0.39, 0.29) is 24.5 Å². The molecule has 0 radical (unpaired) electrons. The molecule has 2 amide bonds. The summed E-state index contributed by atoms with van der Waals surface area (Å²) < 4.78 is 5.44. The van der Waals surface area contributed by atoms with Crippen molar-refractivity contribution in [1.29, 1.82) is 0 Å². The highest BCUT2D eigenvalue weighted by Crippen LogP contribution is 2.25. The second kappa shape index (κ2) is 7.43. The summed E-state index contributed by atoms with van der Waals surface area (Å²) in [4.78, 5) is 25.1. The van der Waals surface area contributed by atoms with Crippen LogP contribution in [0, 0.1) is 0 Å². The Hall–Kier alpha value is -1.59. The van der Waals surface area contributed by atoms with Crippen molar-refractivity contribution < 1.29 is 14.3 Å². The fourth-order valence-corrected chi connectivity index (χ4v) is 2.51. The molecule has 0 bridgehead atoms. The number of carbonyl (C=O) groups excluding carboxylic acids is 2. The molecule has 1 aliphatic heterocycles. The number of ether oxygens (including phenoxy) is 1. The molecular formula is C15H19ClN2O3. The van der Waals surface area contributed by atoms with E-state index in [0.29, 0.717) is 17.3 Å². The molecule has 1 atom stereocenters. The van der Waals surface area contributed by atoms with E-state index in [1.807, 2.05) is 0 Å². The van der Waals surface area contributed by atoms with Crippen molar-refractivity contribution in [2.75, 3.05) is 24.6 Å². The van der Waals surface area contributed by atoms with Crippen molar-refractivity contribution in [3.8, 4) is 0 Å². The SMILES string of the molecule is CC(=O)N(CC(=O)NCC1CCCO1)c1ccccc1Cl. The maximum Gasteiger partial charge on any atom is 0.240 e. The highest BCUT2D eigenvalue weighted by atomic mass is 35.5. The van der Waals surface area contributed by atoms with Gasteiger partial charge in [-0.2, -0.15) is 0 Å². The summed E-state index contributed by atoms with van der Waals surface area (Å²) in [6, 6.07) is 6.97. The number of hydrogen-bond acceptors (Lipinski definition) is 3. The lowest BCUT2D eigenvalue weighted by molar-refractivity contribution is -0.123. The van der Waals surface area contributed by atoms with Gasteiger partial charge in [0.25, 0.3) is 0 Å². The summed E-state index contributed by atoms with van der Waals surface area (Å²) in [7, 11) is 0. The van der Waals surface area contributed by atoms with Crippen LogP contribution >= 0.6 is 11.6 Å². The molecule has 2 rings (SSSR count). The second-order valence-corrected chi connectivity index (χ2v) is 5.40. The van der Waals surface area contributed by atoms with E-state index in [0.717, 1.165) is 19.4 Å². The monoisotopic (exact) mass is 310 g/mol. The minimum atomic E-state index is -0.227. The molecule has 0 aliphatic carbocycles. The Balaban J connectivity index is 1.94. The molecule has 6 heteroatoms. The molecule has 0 saturated carbocycles. The van der Waals surface area contributed by atoms with Gasteiger partial charge in [-0.3, -0.25) is 9.59 Å². The van der Waals surface area contributed by atoms with Crippen LogP contribution in [0.5, 0.6) is 0 Å². The number of amides is 2. The highest BCUT2D eigenvalue weighted by molar-refractivity contribution is 6.33. The van der Waals surface area contributed by atoms with Crippen LogP contribution in [0.4, 0.5) is 5.69 Å². The third kappa shape index (κ3) is 4.44. The molecule has 1 aliphatic rings. The lowest BCUT2D eigenvalue weighted by atomic mass is 10.2. The van der Waals surface area contributed by atoms with Crippen LogP contribution in [0.25, 0.3) is 0 Å². The van der Waals surface area contributed by atoms with E-state index >= 15 is 0 Å². The average Bonchev–Trinajstić information content (AvgIpc) is 2.96. The van der Waals surface area contributed by atoms with E-state index in [2.05, 4.69) is 5.32 Å². The zero-order chi connectivity index (χ0) is 15.2. The number of hydrogen-bond donors (Lipinski definition) is 1. The molecule has 0 aromatic heterocycles. The first kappa shape index (κ1) is 15.8. The first-order valence-corrected chi connectivity index (χ1v) is 7.36. The first-order valence-electron chi connectivity index (χ1n) is 6.99. The van der Waals surface area contributed by atoms with Gasteiger partial charge < -0.3 is 15.0 Å². The molecule has 1 heterocycles. The summed E-state index contributed by atoms with van der Waals surface area (Å²) in [6.45, 7) is 2.59. The predicted molar refractivity (Wildman–Crippen MR) is 81.5 cm³/mol. The fraction of sp³-hybridized carbons (Fsp3) is 0.467. The van der Waals surface area contributed by atoms with Gasteiger partial charge >= 0.3 is 0 Å². The molecule has 1 N–H and O–H groups in total. The van der Waals surface area contributed by atoms with E-state index in [9.17, 15) is 9.59 Å². The van der Waals surface area contributed by atoms with Gasteiger partial charge in [-0.05, 0) is 25.0 Å². The van der Waals surface area contributed by atoms with Crippen LogP contribution in [0.1, 0.15) is 19.8 Å². The Labute approximate surface area is 129 Å². The minimum absolute atomic E-state index is 0.0498. The topological polar surface area (TPSA) is 58.6 Å². The van der Waals surface area contributed by atoms with Gasteiger partial charge in [0.05, 0.1) is 16.8 Å². The summed E-state index contributed by atoms with van der Waals surface area (Å²) in [6.07, 6.45) is 2.07. The second-order valence-electron chi connectivity index (χ2n) is 5.00. The first-order chi connectivity index (χ1) is 10.1. The van der Waals surface area contributed by atoms with E-state index < -0.39 is 0 Å². The van der Waals surface area contributed by atoms with Crippen molar-refractivity contribution in [3.05, 3.63) is 29.3 Å². The molecule has 1 saturated heterocycles. The Bertz CT molecular complexity index is 515. The summed E-state index contributed by atoms with van der Waals surface area (Å²) >= 11 is 6.08. The Morgan fingerprint density at radius 1 is 1.43 bits per heavy atom. The Morgan fingerprint density at radius 3 is 2.81 bits per heavy atom. The highest BCUT2D eigenvalue weighted by Gasteiger charge is 2.20. The summed E-state index contributed by atoms with van der Waals surface area (Å²) in [5.74, 6) is -0.448. The number of nitrogens with zero attached hydrogens (tertiary/aromatic N) is 1. The standard InChI is InChI=1S/C15H19ClN2O3/c1-11(19)18(14-7-3-2-6-13(14)16)10-15(20)17-9-12-5-4-8-21-12/h2-3,6-7,12H,4-5,8-10H2,1H3,(H,17,20). The number of halogens is 1. The van der Waals surface area contributed by atoms with Gasteiger partial charge in [-0.25, -0.2) is 0 Å². The predicted octanol–water partition coefficient (Wildman–Crippen LogP) is 1.99. The maximum absolute atomic E-state index is 12.0. The van der Waals surface area contributed by atoms with Crippen LogP contribution in [-0.2, 0) is 14.3 Å². The van der Waals surface area contributed by atoms with E-state index in [1.54, 1.807) is 24.3 Å². The van der Waals surface area contributed by atoms with Gasteiger partial charge in [0, 0.05) is 20.1 Å². The van der Waals surface area contributed by atoms with Crippen molar-refractivity contribution in [1.82, 2.24) is 5.32 Å². The number of benzene rings is 1. The summed E-state index contributed by atoms with van der Waals surface area (Å²) in [5, 5.41) is 3.24. The van der Waals surface area contributed by atoms with Crippen LogP contribution < -0.4 is 10.2 Å². The fourth-order valence-electron chi connectivity index (χ4n) is 2.27. The number of para-hydroxylation sites is 1. The number of carbonyl (C=O) groups is 2. The van der Waals surface area contributed by atoms with Crippen molar-refractivity contribution in [2.24, 2.45) is 0 Å². The number of anilines is 1. The molecule has 1 aromatic carbocycles. The van der Waals surface area contributed by atoms with Crippen LogP contribution in [0.2, 0.25) is 5.02 Å². The van der Waals surface area contributed by atoms with Crippen LogP contribution in [0.3, 0.4) is 0 Å². The quantitative estimate of drug-likeness (QED) is 0.905. The third-order valence-corrected chi connectivity index (χ3v) is 3.70. The molecule has 1 fully saturated rings. The summed E-state index contributed by atoms with van der Waals surface area (Å²) in [5.41, 5.74) is 0.541. The lowest BCUT2D eigenvalue weighted by Crippen LogP contribution is -2.42. The smallest absolute Gasteiger partial charge is 0.240 e. The van der Waals surface area contributed by atoms with Crippen molar-refractivity contribution >= 4 is 29.1 Å². The van der Waals surface area contributed by atoms with Gasteiger partial charge in [-0.15, -0.1) is 0 Å². The molecule has 1 unspecified atom stereocenters. The van der Waals surface area contributed by atoms with Gasteiger partial charge in [-0.1, -0.05) is 23.7 Å². The van der Waals surface area contributed by atoms with E-state index in [1.165, 1.54) is 11.8 Å². The van der Waals surface area contributed by atoms with E-state index in [4.69, 9.17) is 16.3 Å². The van der Waals surface area contributed by atoms with Crippen LogP contribution in [-0.4, -0.2) is 37.6 Å². The number of rotatable bonds is 5. The normalized spacial score (nSPS) is 17.5. The zero-order valence-corrected chi connectivity index (χ0v) is 12.7. The zero-order valence-electron chi connectivity index (χ0n) is 12.0. The Morgan fingerprint density at radius 2 is 2.19 bits per heavy atom. The largest absolute Gasteiger partial charge is 0.376 e. The minimum Gasteiger partial charge on any atom is -0.376 e. The molecular weight excluding hydrogens is 292 g/mol. The molecule has 0 spiro atoms. The van der Waals surface area contributed by atoms with Gasteiger partial charge in [0.1, 0.15) is 6.54 Å². The Kier molecular flexibility index (Phi) is 5.59. The molecule has 114 valence electrons. The van der Waals surface area contributed by atoms with Gasteiger partial charge in [0.2, 0.25) is 11.8 Å². The van der Waals surface area contributed by atoms with Crippen molar-refractivity contribution in [3.63, 3.8) is 0 Å². The maximum atomic E-state index is 12.0. The number of nitrogens with one attached hydrogen (secondary N) is 1. The molecule has 5 nitrogen and oxygen atoms in total. The van der Waals surface area contributed by atoms with Gasteiger partial charge in [0.15, 0.2) is 0 Å². The van der Waals surface area contributed by atoms with Crippen LogP contribution in [0.15, 0.2) is 24.3 Å². The third-order valence-electron chi connectivity index (χ3n) is 3.38. The molecule has 21 heavy (non-hydrogen) atoms. The molecule has 1 aromatic rings. The lowest BCUT2D eigenvalue weighted by Gasteiger charge is -2.22. The van der Waals surface area contributed by atoms with Crippen molar-refractivity contribution in [2.45, 2.75) is 25.9 Å². The average molecular weight is 311 g/mol.